The average molecular weight is 387 g/mol. The molecule has 0 aliphatic heterocycles. The minimum Gasteiger partial charge on any atom is -0.344 e. The number of rotatable bonds is 4. The minimum absolute atomic E-state index is 0.0148. The summed E-state index contributed by atoms with van der Waals surface area (Å²) < 4.78 is 3.30. The Labute approximate surface area is 168 Å². The summed E-state index contributed by atoms with van der Waals surface area (Å²) >= 11 is 1.68. The van der Waals surface area contributed by atoms with Crippen LogP contribution in [0.25, 0.3) is 10.2 Å². The van der Waals surface area contributed by atoms with Gasteiger partial charge in [-0.25, -0.2) is 0 Å². The van der Waals surface area contributed by atoms with E-state index in [1.54, 1.807) is 11.3 Å². The molecule has 2 aromatic carbocycles. The van der Waals surface area contributed by atoms with E-state index in [0.717, 1.165) is 35.2 Å². The smallest absolute Gasteiger partial charge is 0.268 e. The van der Waals surface area contributed by atoms with Crippen LogP contribution in [0.5, 0.6) is 0 Å². The molecular weight excluding hydrogens is 364 g/mol. The zero-order chi connectivity index (χ0) is 18.9. The fourth-order valence-electron chi connectivity index (χ4n) is 4.24. The molecule has 0 bridgehead atoms. The van der Waals surface area contributed by atoms with Crippen molar-refractivity contribution >= 4 is 27.5 Å². The number of amides is 1. The summed E-state index contributed by atoms with van der Waals surface area (Å²) in [4.78, 5) is 13.3. The molecule has 2 heterocycles. The Bertz CT molecular complexity index is 1130. The van der Waals surface area contributed by atoms with E-state index in [-0.39, 0.29) is 11.9 Å². The van der Waals surface area contributed by atoms with Gasteiger partial charge in [0.25, 0.3) is 5.91 Å². The Morgan fingerprint density at radius 1 is 1.07 bits per heavy atom. The first kappa shape index (κ1) is 17.3. The zero-order valence-corrected chi connectivity index (χ0v) is 16.4. The van der Waals surface area contributed by atoms with Crippen LogP contribution in [0.2, 0.25) is 0 Å². The van der Waals surface area contributed by atoms with E-state index >= 15 is 0 Å². The second-order valence-electron chi connectivity index (χ2n) is 7.39. The highest BCUT2D eigenvalue weighted by Gasteiger charge is 2.24. The third kappa shape index (κ3) is 3.14. The first-order valence-corrected chi connectivity index (χ1v) is 10.7. The molecule has 0 radical (unpaired) electrons. The molecule has 1 atom stereocenters. The van der Waals surface area contributed by atoms with E-state index < -0.39 is 0 Å². The lowest BCUT2D eigenvalue weighted by atomic mass is 9.87. The Balaban J connectivity index is 1.47. The predicted molar refractivity (Wildman–Crippen MR) is 115 cm³/mol. The molecule has 1 N–H and O–H groups in total. The minimum atomic E-state index is 0.0148. The third-order valence-corrected chi connectivity index (χ3v) is 6.47. The Hall–Kier alpha value is -2.85. The number of hydrogen-bond acceptors (Lipinski definition) is 2. The van der Waals surface area contributed by atoms with E-state index in [1.807, 2.05) is 24.3 Å². The lowest BCUT2D eigenvalue weighted by Gasteiger charge is -2.26. The second-order valence-corrected chi connectivity index (χ2v) is 8.34. The largest absolute Gasteiger partial charge is 0.344 e. The lowest BCUT2D eigenvalue weighted by molar-refractivity contribution is 0.0924. The molecule has 0 spiro atoms. The van der Waals surface area contributed by atoms with E-state index in [0.29, 0.717) is 6.54 Å². The summed E-state index contributed by atoms with van der Waals surface area (Å²) in [6.07, 6.45) is 3.21. The SMILES string of the molecule is O=C(NC1CCCc2ccccc21)c1cc2sccc2n1Cc1ccccc1. The van der Waals surface area contributed by atoms with Crippen LogP contribution >= 0.6 is 11.3 Å². The quantitative estimate of drug-likeness (QED) is 0.490. The van der Waals surface area contributed by atoms with Crippen LogP contribution in [-0.4, -0.2) is 10.5 Å². The molecule has 1 aliphatic carbocycles. The topological polar surface area (TPSA) is 34.0 Å². The molecule has 5 rings (SSSR count). The van der Waals surface area contributed by atoms with Gasteiger partial charge in [0, 0.05) is 6.54 Å². The summed E-state index contributed by atoms with van der Waals surface area (Å²) in [6.45, 7) is 0.699. The van der Waals surface area contributed by atoms with Crippen LogP contribution in [0.4, 0.5) is 0 Å². The molecule has 0 fully saturated rings. The molecule has 3 nitrogen and oxygen atoms in total. The van der Waals surface area contributed by atoms with Gasteiger partial charge < -0.3 is 9.88 Å². The fraction of sp³-hybridized carbons (Fsp3) is 0.208. The summed E-state index contributed by atoms with van der Waals surface area (Å²) in [5, 5.41) is 5.40. The molecule has 1 unspecified atom stereocenters. The van der Waals surface area contributed by atoms with Crippen LogP contribution < -0.4 is 5.32 Å². The van der Waals surface area contributed by atoms with Gasteiger partial charge in [0.05, 0.1) is 16.3 Å². The number of aromatic nitrogens is 1. The van der Waals surface area contributed by atoms with Gasteiger partial charge in [0.15, 0.2) is 0 Å². The summed E-state index contributed by atoms with van der Waals surface area (Å²) in [6, 6.07) is 23.0. The van der Waals surface area contributed by atoms with E-state index in [4.69, 9.17) is 0 Å². The maximum absolute atomic E-state index is 13.3. The number of nitrogens with zero attached hydrogens (tertiary/aromatic N) is 1. The van der Waals surface area contributed by atoms with Crippen LogP contribution in [-0.2, 0) is 13.0 Å². The molecule has 0 saturated heterocycles. The highest BCUT2D eigenvalue weighted by atomic mass is 32.1. The molecule has 2 aromatic heterocycles. The number of hydrogen-bond donors (Lipinski definition) is 1. The summed E-state index contributed by atoms with van der Waals surface area (Å²) in [5.74, 6) is 0.0148. The number of aryl methyl sites for hydroxylation is 1. The lowest BCUT2D eigenvalue weighted by Crippen LogP contribution is -2.32. The number of nitrogens with one attached hydrogen (secondary N) is 1. The molecule has 4 heteroatoms. The molecule has 140 valence electrons. The van der Waals surface area contributed by atoms with Gasteiger partial charge >= 0.3 is 0 Å². The van der Waals surface area contributed by atoms with Gasteiger partial charge in [0.2, 0.25) is 0 Å². The van der Waals surface area contributed by atoms with Crippen LogP contribution in [0.3, 0.4) is 0 Å². The van der Waals surface area contributed by atoms with Gasteiger partial charge in [-0.3, -0.25) is 4.79 Å². The van der Waals surface area contributed by atoms with Crippen molar-refractivity contribution in [3.63, 3.8) is 0 Å². The van der Waals surface area contributed by atoms with Crippen molar-refractivity contribution in [3.05, 3.63) is 94.5 Å². The molecule has 28 heavy (non-hydrogen) atoms. The third-order valence-electron chi connectivity index (χ3n) is 5.61. The van der Waals surface area contributed by atoms with E-state index in [9.17, 15) is 4.79 Å². The van der Waals surface area contributed by atoms with Crippen molar-refractivity contribution < 1.29 is 4.79 Å². The number of thiophene rings is 1. The molecule has 1 aliphatic rings. The van der Waals surface area contributed by atoms with Gasteiger partial charge in [-0.1, -0.05) is 54.6 Å². The number of benzene rings is 2. The normalized spacial score (nSPS) is 16.1. The highest BCUT2D eigenvalue weighted by molar-refractivity contribution is 7.17. The summed E-state index contributed by atoms with van der Waals surface area (Å²) in [7, 11) is 0. The first-order valence-electron chi connectivity index (χ1n) is 9.79. The van der Waals surface area contributed by atoms with Crippen LogP contribution in [0, 0.1) is 0 Å². The molecule has 0 saturated carbocycles. The average Bonchev–Trinajstić information content (AvgIpc) is 3.32. The number of carbonyl (C=O) groups excluding carboxylic acids is 1. The fourth-order valence-corrected chi connectivity index (χ4v) is 5.06. The monoisotopic (exact) mass is 386 g/mol. The van der Waals surface area contributed by atoms with Crippen molar-refractivity contribution in [2.75, 3.05) is 0 Å². The maximum Gasteiger partial charge on any atom is 0.268 e. The standard InChI is InChI=1S/C24H22N2OS/c27-24(25-20-12-6-10-18-9-4-5-11-19(18)20)22-15-23-21(13-14-28-23)26(22)16-17-7-2-1-3-8-17/h1-5,7-9,11,13-15,20H,6,10,12,16H2,(H,25,27). The Kier molecular flexibility index (Phi) is 4.49. The van der Waals surface area contributed by atoms with Gasteiger partial charge in [0.1, 0.15) is 5.69 Å². The van der Waals surface area contributed by atoms with Crippen LogP contribution in [0.15, 0.2) is 72.1 Å². The molecule has 1 amide bonds. The van der Waals surface area contributed by atoms with Crippen molar-refractivity contribution in [3.8, 4) is 0 Å². The van der Waals surface area contributed by atoms with Gasteiger partial charge in [-0.2, -0.15) is 0 Å². The van der Waals surface area contributed by atoms with Gasteiger partial charge in [-0.05, 0) is 53.5 Å². The number of fused-ring (bicyclic) bond motifs is 2. The van der Waals surface area contributed by atoms with E-state index in [2.05, 4.69) is 57.7 Å². The highest BCUT2D eigenvalue weighted by Crippen LogP contribution is 2.31. The Morgan fingerprint density at radius 2 is 1.89 bits per heavy atom. The predicted octanol–water partition coefficient (Wildman–Crippen LogP) is 5.56. The van der Waals surface area contributed by atoms with Crippen molar-refractivity contribution in [1.82, 2.24) is 9.88 Å². The van der Waals surface area contributed by atoms with Crippen molar-refractivity contribution in [2.45, 2.75) is 31.8 Å². The van der Waals surface area contributed by atoms with Gasteiger partial charge in [-0.15, -0.1) is 11.3 Å². The first-order chi connectivity index (χ1) is 13.8. The second kappa shape index (κ2) is 7.28. The molecule has 4 aromatic rings. The molecular formula is C24H22N2OS. The number of carbonyl (C=O) groups is 1. The van der Waals surface area contributed by atoms with Crippen molar-refractivity contribution in [1.29, 1.82) is 0 Å². The maximum atomic E-state index is 13.3. The Morgan fingerprint density at radius 3 is 2.79 bits per heavy atom. The van der Waals surface area contributed by atoms with E-state index in [1.165, 1.54) is 16.7 Å². The van der Waals surface area contributed by atoms with Crippen LogP contribution in [0.1, 0.15) is 46.1 Å². The van der Waals surface area contributed by atoms with Crippen molar-refractivity contribution in [2.24, 2.45) is 0 Å². The summed E-state index contributed by atoms with van der Waals surface area (Å²) in [5.41, 5.74) is 5.70. The zero-order valence-electron chi connectivity index (χ0n) is 15.6.